The van der Waals surface area contributed by atoms with Gasteiger partial charge in [-0.3, -0.25) is 9.89 Å². The Morgan fingerprint density at radius 1 is 1.56 bits per heavy atom. The van der Waals surface area contributed by atoms with Crippen molar-refractivity contribution in [1.82, 2.24) is 15.1 Å². The summed E-state index contributed by atoms with van der Waals surface area (Å²) in [5.41, 5.74) is 7.79. The maximum absolute atomic E-state index is 12.3. The van der Waals surface area contributed by atoms with Crippen LogP contribution in [0.1, 0.15) is 49.3 Å². The molecule has 5 nitrogen and oxygen atoms in total. The number of anilines is 1. The van der Waals surface area contributed by atoms with E-state index in [9.17, 15) is 4.79 Å². The number of carbonyl (C=O) groups excluding carboxylic acids is 1. The summed E-state index contributed by atoms with van der Waals surface area (Å²) in [6.07, 6.45) is 4.04. The highest BCUT2D eigenvalue weighted by molar-refractivity contribution is 5.97. The molecule has 2 rings (SSSR count). The summed E-state index contributed by atoms with van der Waals surface area (Å²) >= 11 is 0. The van der Waals surface area contributed by atoms with Gasteiger partial charge in [0, 0.05) is 13.1 Å². The van der Waals surface area contributed by atoms with Crippen LogP contribution in [-0.2, 0) is 6.42 Å². The zero-order chi connectivity index (χ0) is 13.1. The molecule has 1 unspecified atom stereocenters. The minimum atomic E-state index is -0.0259. The van der Waals surface area contributed by atoms with Crippen LogP contribution in [0, 0.1) is 5.92 Å². The van der Waals surface area contributed by atoms with Gasteiger partial charge in [-0.1, -0.05) is 26.7 Å². The lowest BCUT2D eigenvalue weighted by Crippen LogP contribution is -2.29. The summed E-state index contributed by atoms with van der Waals surface area (Å²) < 4.78 is 0. The number of carbonyl (C=O) groups is 1. The van der Waals surface area contributed by atoms with Gasteiger partial charge in [0.25, 0.3) is 5.91 Å². The van der Waals surface area contributed by atoms with Gasteiger partial charge in [-0.2, -0.15) is 5.10 Å². The molecule has 0 aromatic carbocycles. The molecule has 1 fully saturated rings. The van der Waals surface area contributed by atoms with Gasteiger partial charge >= 0.3 is 0 Å². The Kier molecular flexibility index (Phi) is 3.89. The van der Waals surface area contributed by atoms with Crippen molar-refractivity contribution >= 4 is 11.6 Å². The van der Waals surface area contributed by atoms with E-state index in [1.165, 1.54) is 0 Å². The summed E-state index contributed by atoms with van der Waals surface area (Å²) in [7, 11) is 0. The molecule has 1 amide bonds. The first-order chi connectivity index (χ1) is 8.67. The zero-order valence-corrected chi connectivity index (χ0v) is 11.2. The van der Waals surface area contributed by atoms with Gasteiger partial charge < -0.3 is 10.6 Å². The molecule has 0 radical (unpaired) electrons. The monoisotopic (exact) mass is 250 g/mol. The van der Waals surface area contributed by atoms with E-state index in [0.717, 1.165) is 44.5 Å². The predicted molar refractivity (Wildman–Crippen MR) is 71.3 cm³/mol. The Hall–Kier alpha value is -1.52. The van der Waals surface area contributed by atoms with Crippen LogP contribution in [0.15, 0.2) is 0 Å². The largest absolute Gasteiger partial charge is 0.395 e. The van der Waals surface area contributed by atoms with Crippen LogP contribution in [-0.4, -0.2) is 34.1 Å². The fourth-order valence-corrected chi connectivity index (χ4v) is 2.49. The summed E-state index contributed by atoms with van der Waals surface area (Å²) in [5.74, 6) is 0.603. The maximum Gasteiger partial charge on any atom is 0.276 e. The van der Waals surface area contributed by atoms with Gasteiger partial charge in [0.05, 0.1) is 11.4 Å². The van der Waals surface area contributed by atoms with E-state index in [-0.39, 0.29) is 5.91 Å². The van der Waals surface area contributed by atoms with Gasteiger partial charge in [-0.25, -0.2) is 0 Å². The van der Waals surface area contributed by atoms with Gasteiger partial charge in [-0.05, 0) is 18.8 Å². The highest BCUT2D eigenvalue weighted by Crippen LogP contribution is 2.23. The number of nitrogens with zero attached hydrogens (tertiary/aromatic N) is 2. The average molecular weight is 250 g/mol. The van der Waals surface area contributed by atoms with E-state index in [2.05, 4.69) is 24.0 Å². The van der Waals surface area contributed by atoms with Crippen molar-refractivity contribution in [3.63, 3.8) is 0 Å². The SMILES string of the molecule is CCCc1[nH]nc(C(=O)N2CCC(CC)C2)c1N. The topological polar surface area (TPSA) is 75.0 Å². The molecule has 1 aliphatic rings. The van der Waals surface area contributed by atoms with E-state index in [4.69, 9.17) is 5.73 Å². The van der Waals surface area contributed by atoms with Crippen LogP contribution >= 0.6 is 0 Å². The molecule has 5 heteroatoms. The van der Waals surface area contributed by atoms with Crippen molar-refractivity contribution in [2.75, 3.05) is 18.8 Å². The van der Waals surface area contributed by atoms with Crippen molar-refractivity contribution in [3.05, 3.63) is 11.4 Å². The van der Waals surface area contributed by atoms with E-state index >= 15 is 0 Å². The molecular formula is C13H22N4O. The Morgan fingerprint density at radius 2 is 2.33 bits per heavy atom. The first-order valence-electron chi connectivity index (χ1n) is 6.79. The molecule has 1 aromatic heterocycles. The van der Waals surface area contributed by atoms with Gasteiger partial charge in [0.2, 0.25) is 0 Å². The number of hydrogen-bond donors (Lipinski definition) is 2. The molecule has 0 spiro atoms. The molecule has 1 aliphatic heterocycles. The van der Waals surface area contributed by atoms with Crippen molar-refractivity contribution in [2.45, 2.75) is 39.5 Å². The van der Waals surface area contributed by atoms with Crippen LogP contribution in [0.5, 0.6) is 0 Å². The van der Waals surface area contributed by atoms with Gasteiger partial charge in [0.1, 0.15) is 0 Å². The van der Waals surface area contributed by atoms with Crippen LogP contribution in [0.4, 0.5) is 5.69 Å². The lowest BCUT2D eigenvalue weighted by Gasteiger charge is -2.15. The Bertz CT molecular complexity index is 427. The standard InChI is InChI=1S/C13H22N4O/c1-3-5-10-11(14)12(16-15-10)13(18)17-7-6-9(4-2)8-17/h9H,3-8,14H2,1-2H3,(H,15,16). The molecule has 0 bridgehead atoms. The molecule has 0 saturated carbocycles. The van der Waals surface area contributed by atoms with E-state index < -0.39 is 0 Å². The van der Waals surface area contributed by atoms with E-state index in [0.29, 0.717) is 17.3 Å². The third-order valence-corrected chi connectivity index (χ3v) is 3.74. The number of nitrogen functional groups attached to an aromatic ring is 1. The molecule has 1 saturated heterocycles. The number of amides is 1. The Labute approximate surface area is 108 Å². The lowest BCUT2D eigenvalue weighted by atomic mass is 10.1. The molecule has 2 heterocycles. The summed E-state index contributed by atoms with van der Waals surface area (Å²) in [5, 5.41) is 6.97. The molecular weight excluding hydrogens is 228 g/mol. The number of rotatable bonds is 4. The first-order valence-corrected chi connectivity index (χ1v) is 6.79. The number of nitrogens with one attached hydrogen (secondary N) is 1. The Balaban J connectivity index is 2.10. The number of hydrogen-bond acceptors (Lipinski definition) is 3. The number of H-pyrrole nitrogens is 1. The van der Waals surface area contributed by atoms with Crippen molar-refractivity contribution < 1.29 is 4.79 Å². The van der Waals surface area contributed by atoms with Crippen LogP contribution in [0.25, 0.3) is 0 Å². The predicted octanol–water partition coefficient (Wildman–Crippen LogP) is 1.82. The fraction of sp³-hybridized carbons (Fsp3) is 0.692. The highest BCUT2D eigenvalue weighted by atomic mass is 16.2. The maximum atomic E-state index is 12.3. The minimum absolute atomic E-state index is 0.0259. The number of aryl methyl sites for hydroxylation is 1. The average Bonchev–Trinajstić information content (AvgIpc) is 2.97. The smallest absolute Gasteiger partial charge is 0.276 e. The second kappa shape index (κ2) is 5.42. The number of nitrogens with two attached hydrogens (primary N) is 1. The first kappa shape index (κ1) is 12.9. The third-order valence-electron chi connectivity index (χ3n) is 3.74. The van der Waals surface area contributed by atoms with Crippen molar-refractivity contribution in [1.29, 1.82) is 0 Å². The molecule has 1 aromatic rings. The number of likely N-dealkylation sites (tertiary alicyclic amines) is 1. The summed E-state index contributed by atoms with van der Waals surface area (Å²) in [4.78, 5) is 14.2. The van der Waals surface area contributed by atoms with Crippen molar-refractivity contribution in [2.24, 2.45) is 5.92 Å². The van der Waals surface area contributed by atoms with Crippen LogP contribution < -0.4 is 5.73 Å². The van der Waals surface area contributed by atoms with E-state index in [1.807, 2.05) is 4.90 Å². The second-order valence-electron chi connectivity index (χ2n) is 5.03. The normalized spacial score (nSPS) is 19.4. The molecule has 3 N–H and O–H groups in total. The summed E-state index contributed by atoms with van der Waals surface area (Å²) in [6, 6.07) is 0. The number of aromatic nitrogens is 2. The van der Waals surface area contributed by atoms with Crippen LogP contribution in [0.3, 0.4) is 0 Å². The quantitative estimate of drug-likeness (QED) is 0.855. The third kappa shape index (κ3) is 2.35. The lowest BCUT2D eigenvalue weighted by molar-refractivity contribution is 0.0782. The molecule has 0 aliphatic carbocycles. The zero-order valence-electron chi connectivity index (χ0n) is 11.2. The Morgan fingerprint density at radius 3 is 2.94 bits per heavy atom. The highest BCUT2D eigenvalue weighted by Gasteiger charge is 2.28. The number of aromatic amines is 1. The minimum Gasteiger partial charge on any atom is -0.395 e. The van der Waals surface area contributed by atoms with Gasteiger partial charge in [-0.15, -0.1) is 0 Å². The molecule has 1 atom stereocenters. The molecule has 18 heavy (non-hydrogen) atoms. The molecule has 100 valence electrons. The van der Waals surface area contributed by atoms with Crippen LogP contribution in [0.2, 0.25) is 0 Å². The fourth-order valence-electron chi connectivity index (χ4n) is 2.49. The second-order valence-corrected chi connectivity index (χ2v) is 5.03. The van der Waals surface area contributed by atoms with Crippen molar-refractivity contribution in [3.8, 4) is 0 Å². The van der Waals surface area contributed by atoms with Gasteiger partial charge in [0.15, 0.2) is 5.69 Å². The summed E-state index contributed by atoms with van der Waals surface area (Å²) in [6.45, 7) is 5.91. The van der Waals surface area contributed by atoms with E-state index in [1.54, 1.807) is 0 Å².